The van der Waals surface area contributed by atoms with E-state index in [0.717, 1.165) is 21.9 Å². The number of aryl methyl sites for hydroxylation is 3. The average molecular weight is 485 g/mol. The molecule has 0 fully saturated rings. The number of halogens is 1. The van der Waals surface area contributed by atoms with Crippen LogP contribution in [0.25, 0.3) is 0 Å². The van der Waals surface area contributed by atoms with Gasteiger partial charge >= 0.3 is 0 Å². The Balaban J connectivity index is 1.91. The van der Waals surface area contributed by atoms with Crippen LogP contribution in [0.5, 0.6) is 0 Å². The summed E-state index contributed by atoms with van der Waals surface area (Å²) in [7, 11) is -4.00. The van der Waals surface area contributed by atoms with Gasteiger partial charge in [-0.1, -0.05) is 66.6 Å². The quantitative estimate of drug-likeness (QED) is 0.453. The van der Waals surface area contributed by atoms with Crippen molar-refractivity contribution in [3.8, 4) is 0 Å². The molecular formula is C26H29ClN2O3S. The highest BCUT2D eigenvalue weighted by Gasteiger charge is 2.29. The van der Waals surface area contributed by atoms with Crippen LogP contribution in [0.3, 0.4) is 0 Å². The van der Waals surface area contributed by atoms with E-state index in [1.807, 2.05) is 38.1 Å². The van der Waals surface area contributed by atoms with Crippen LogP contribution in [-0.4, -0.2) is 20.9 Å². The first-order valence-electron chi connectivity index (χ1n) is 10.9. The van der Waals surface area contributed by atoms with Gasteiger partial charge in [0.25, 0.3) is 10.0 Å². The minimum absolute atomic E-state index is 0.114. The molecule has 0 aliphatic heterocycles. The zero-order valence-electron chi connectivity index (χ0n) is 19.3. The Bertz CT molecular complexity index is 1220. The summed E-state index contributed by atoms with van der Waals surface area (Å²) >= 11 is 6.18. The number of hydrogen-bond acceptors (Lipinski definition) is 3. The van der Waals surface area contributed by atoms with Crippen LogP contribution in [0.1, 0.15) is 42.1 Å². The first-order chi connectivity index (χ1) is 15.6. The lowest BCUT2D eigenvalue weighted by Gasteiger charge is -2.26. The normalized spacial score (nSPS) is 12.3. The summed E-state index contributed by atoms with van der Waals surface area (Å²) in [6, 6.07) is 19.3. The second kappa shape index (κ2) is 10.4. The summed E-state index contributed by atoms with van der Waals surface area (Å²) in [4.78, 5) is 13.1. The monoisotopic (exact) mass is 484 g/mol. The molecule has 0 spiro atoms. The van der Waals surface area contributed by atoms with Gasteiger partial charge in [-0.15, -0.1) is 0 Å². The Labute approximate surface area is 201 Å². The van der Waals surface area contributed by atoms with Crippen LogP contribution < -0.4 is 9.62 Å². The van der Waals surface area contributed by atoms with Crippen LogP contribution in [-0.2, 0) is 21.2 Å². The standard InChI is InChI=1S/C26H29ClN2O3S/c1-5-21-9-11-22(12-10-21)20(4)28-26(30)17-29(25-16-23(27)13-8-19(25)3)33(31,32)24-14-6-18(2)7-15-24/h6-16,20H,5,17H2,1-4H3,(H,28,30)/t20-/m0/s1. The molecule has 1 N–H and O–H groups in total. The summed E-state index contributed by atoms with van der Waals surface area (Å²) in [6.45, 7) is 7.27. The van der Waals surface area contributed by atoms with Gasteiger partial charge < -0.3 is 5.32 Å². The molecule has 0 bridgehead atoms. The van der Waals surface area contributed by atoms with Crippen molar-refractivity contribution in [2.24, 2.45) is 0 Å². The number of amides is 1. The van der Waals surface area contributed by atoms with Gasteiger partial charge in [-0.3, -0.25) is 9.10 Å². The van der Waals surface area contributed by atoms with E-state index >= 15 is 0 Å². The number of anilines is 1. The van der Waals surface area contributed by atoms with Crippen molar-refractivity contribution in [3.63, 3.8) is 0 Å². The van der Waals surface area contributed by atoms with Gasteiger partial charge in [0.1, 0.15) is 6.54 Å². The molecule has 3 rings (SSSR count). The lowest BCUT2D eigenvalue weighted by atomic mass is 10.1. The molecular weight excluding hydrogens is 456 g/mol. The minimum Gasteiger partial charge on any atom is -0.348 e. The predicted molar refractivity (Wildman–Crippen MR) is 134 cm³/mol. The van der Waals surface area contributed by atoms with E-state index in [0.29, 0.717) is 16.3 Å². The maximum absolute atomic E-state index is 13.6. The number of carbonyl (C=O) groups is 1. The fourth-order valence-electron chi connectivity index (χ4n) is 3.53. The highest BCUT2D eigenvalue weighted by molar-refractivity contribution is 7.92. The molecule has 1 amide bonds. The molecule has 174 valence electrons. The first-order valence-corrected chi connectivity index (χ1v) is 12.7. The van der Waals surface area contributed by atoms with Crippen LogP contribution in [0.4, 0.5) is 5.69 Å². The third-order valence-electron chi connectivity index (χ3n) is 5.60. The number of rotatable bonds is 8. The molecule has 33 heavy (non-hydrogen) atoms. The number of hydrogen-bond donors (Lipinski definition) is 1. The van der Waals surface area contributed by atoms with Gasteiger partial charge in [-0.05, 0) is 68.1 Å². The Kier molecular flexibility index (Phi) is 7.82. The van der Waals surface area contributed by atoms with Crippen molar-refractivity contribution in [2.75, 3.05) is 10.8 Å². The van der Waals surface area contributed by atoms with Crippen molar-refractivity contribution in [1.82, 2.24) is 5.32 Å². The van der Waals surface area contributed by atoms with E-state index in [2.05, 4.69) is 12.2 Å². The molecule has 0 aromatic heterocycles. The number of carbonyl (C=O) groups excluding carboxylic acids is 1. The van der Waals surface area contributed by atoms with Gasteiger partial charge in [-0.25, -0.2) is 8.42 Å². The van der Waals surface area contributed by atoms with Crippen LogP contribution in [0.15, 0.2) is 71.6 Å². The van der Waals surface area contributed by atoms with Gasteiger partial charge in [0.15, 0.2) is 0 Å². The van der Waals surface area contributed by atoms with Crippen molar-refractivity contribution in [3.05, 3.63) is 94.0 Å². The molecule has 5 nitrogen and oxygen atoms in total. The van der Waals surface area contributed by atoms with Crippen molar-refractivity contribution in [1.29, 1.82) is 0 Å². The van der Waals surface area contributed by atoms with Gasteiger partial charge in [0, 0.05) is 5.02 Å². The lowest BCUT2D eigenvalue weighted by molar-refractivity contribution is -0.120. The van der Waals surface area contributed by atoms with Crippen LogP contribution >= 0.6 is 11.6 Å². The summed E-state index contributed by atoms with van der Waals surface area (Å²) in [5.41, 5.74) is 4.18. The Hall–Kier alpha value is -2.83. The Morgan fingerprint density at radius 1 is 1.00 bits per heavy atom. The summed E-state index contributed by atoms with van der Waals surface area (Å²) < 4.78 is 28.3. The number of nitrogens with one attached hydrogen (secondary N) is 1. The van der Waals surface area contributed by atoms with E-state index in [9.17, 15) is 13.2 Å². The van der Waals surface area contributed by atoms with Gasteiger partial charge in [0.05, 0.1) is 16.6 Å². The smallest absolute Gasteiger partial charge is 0.264 e. The third-order valence-corrected chi connectivity index (χ3v) is 7.61. The number of sulfonamides is 1. The van der Waals surface area contributed by atoms with Crippen molar-refractivity contribution in [2.45, 2.75) is 45.1 Å². The van der Waals surface area contributed by atoms with Crippen molar-refractivity contribution >= 4 is 33.2 Å². The fourth-order valence-corrected chi connectivity index (χ4v) is 5.17. The van der Waals surface area contributed by atoms with Gasteiger partial charge in [-0.2, -0.15) is 0 Å². The van der Waals surface area contributed by atoms with E-state index in [1.165, 1.54) is 5.56 Å². The van der Waals surface area contributed by atoms with Crippen LogP contribution in [0.2, 0.25) is 5.02 Å². The summed E-state index contributed by atoms with van der Waals surface area (Å²) in [5, 5.41) is 3.32. The largest absolute Gasteiger partial charge is 0.348 e. The molecule has 7 heteroatoms. The predicted octanol–water partition coefficient (Wildman–Crippen LogP) is 5.59. The maximum Gasteiger partial charge on any atom is 0.264 e. The first kappa shape index (κ1) is 24.8. The summed E-state index contributed by atoms with van der Waals surface area (Å²) in [5.74, 6) is -0.405. The number of benzene rings is 3. The molecule has 0 aliphatic rings. The SMILES string of the molecule is CCc1ccc([C@H](C)NC(=O)CN(c2cc(Cl)ccc2C)S(=O)(=O)c2ccc(C)cc2)cc1. The molecule has 0 aliphatic carbocycles. The van der Waals surface area contributed by atoms with E-state index < -0.39 is 15.9 Å². The van der Waals surface area contributed by atoms with E-state index in [-0.39, 0.29) is 17.5 Å². The minimum atomic E-state index is -4.00. The fraction of sp³-hybridized carbons (Fsp3) is 0.269. The molecule has 0 saturated heterocycles. The average Bonchev–Trinajstić information content (AvgIpc) is 2.79. The molecule has 0 saturated carbocycles. The highest BCUT2D eigenvalue weighted by Crippen LogP contribution is 2.29. The molecule has 3 aromatic carbocycles. The van der Waals surface area contributed by atoms with Crippen LogP contribution in [0, 0.1) is 13.8 Å². The zero-order valence-corrected chi connectivity index (χ0v) is 20.9. The molecule has 0 heterocycles. The summed E-state index contributed by atoms with van der Waals surface area (Å²) in [6.07, 6.45) is 0.936. The van der Waals surface area contributed by atoms with Gasteiger partial charge in [0.2, 0.25) is 5.91 Å². The molecule has 0 unspecified atom stereocenters. The maximum atomic E-state index is 13.6. The zero-order chi connectivity index (χ0) is 24.2. The van der Waals surface area contributed by atoms with Crippen molar-refractivity contribution < 1.29 is 13.2 Å². The Morgan fingerprint density at radius 3 is 2.24 bits per heavy atom. The molecule has 3 aromatic rings. The van der Waals surface area contributed by atoms with E-state index in [1.54, 1.807) is 49.4 Å². The van der Waals surface area contributed by atoms with E-state index in [4.69, 9.17) is 11.6 Å². The molecule has 0 radical (unpaired) electrons. The second-order valence-corrected chi connectivity index (χ2v) is 10.4. The lowest BCUT2D eigenvalue weighted by Crippen LogP contribution is -2.42. The third kappa shape index (κ3) is 5.95. The number of nitrogens with zero attached hydrogens (tertiary/aromatic N) is 1. The topological polar surface area (TPSA) is 66.5 Å². The second-order valence-electron chi connectivity index (χ2n) is 8.14. The highest BCUT2D eigenvalue weighted by atomic mass is 35.5. The molecule has 1 atom stereocenters. The Morgan fingerprint density at radius 2 is 1.64 bits per heavy atom.